The number of carbonyl (C=O) groups is 1. The largest absolute Gasteiger partial charge is 0.467 e. The van der Waals surface area contributed by atoms with E-state index in [9.17, 15) is 4.79 Å². The van der Waals surface area contributed by atoms with Crippen molar-refractivity contribution in [3.63, 3.8) is 0 Å². The Bertz CT molecular complexity index is 505. The number of hydrogen-bond acceptors (Lipinski definition) is 4. The number of rotatable bonds is 5. The maximum Gasteiger partial charge on any atom is 0.190 e. The minimum absolute atomic E-state index is 0.0481. The third kappa shape index (κ3) is 3.33. The molecule has 0 aliphatic rings. The summed E-state index contributed by atoms with van der Waals surface area (Å²) >= 11 is 12.8. The average Bonchev–Trinajstić information content (AvgIpc) is 2.88. The number of hydrogen-bond donors (Lipinski definition) is 0. The van der Waals surface area contributed by atoms with Crippen molar-refractivity contribution in [3.8, 4) is 0 Å². The first-order valence-electron chi connectivity index (χ1n) is 4.75. The third-order valence-electron chi connectivity index (χ3n) is 2.01. The van der Waals surface area contributed by atoms with Gasteiger partial charge < -0.3 is 9.15 Å². The number of thiophene rings is 1. The molecule has 0 spiro atoms. The van der Waals surface area contributed by atoms with Crippen LogP contribution in [0.4, 0.5) is 0 Å². The molecule has 0 aliphatic heterocycles. The molecule has 0 amide bonds. The highest BCUT2D eigenvalue weighted by atomic mass is 35.5. The van der Waals surface area contributed by atoms with E-state index in [2.05, 4.69) is 0 Å². The van der Waals surface area contributed by atoms with Gasteiger partial charge in [-0.1, -0.05) is 23.2 Å². The van der Waals surface area contributed by atoms with Crippen LogP contribution in [-0.2, 0) is 11.3 Å². The standard InChI is InChI=1S/C11H8Cl2O3S/c12-10-4-8(11(13)17-10)9(14)6-15-5-7-2-1-3-16-7/h1-4H,5-6H2. The van der Waals surface area contributed by atoms with E-state index >= 15 is 0 Å². The van der Waals surface area contributed by atoms with E-state index in [1.807, 2.05) is 0 Å². The summed E-state index contributed by atoms with van der Waals surface area (Å²) in [6.07, 6.45) is 1.55. The van der Waals surface area contributed by atoms with E-state index in [1.165, 1.54) is 0 Å². The highest BCUT2D eigenvalue weighted by Crippen LogP contribution is 2.31. The average molecular weight is 291 g/mol. The Labute approximate surface area is 112 Å². The fourth-order valence-corrected chi connectivity index (χ4v) is 2.75. The van der Waals surface area contributed by atoms with Crippen molar-refractivity contribution in [2.45, 2.75) is 6.61 Å². The molecule has 2 aromatic rings. The van der Waals surface area contributed by atoms with Crippen LogP contribution in [0.25, 0.3) is 0 Å². The molecule has 2 heterocycles. The molecule has 0 N–H and O–H groups in total. The molecular weight excluding hydrogens is 283 g/mol. The van der Waals surface area contributed by atoms with Crippen LogP contribution in [0.2, 0.25) is 8.67 Å². The smallest absolute Gasteiger partial charge is 0.190 e. The van der Waals surface area contributed by atoms with E-state index in [-0.39, 0.29) is 19.0 Å². The zero-order valence-corrected chi connectivity index (χ0v) is 10.9. The molecular formula is C11H8Cl2O3S. The van der Waals surface area contributed by atoms with Gasteiger partial charge in [-0.15, -0.1) is 11.3 Å². The second kappa shape index (κ2) is 5.69. The van der Waals surface area contributed by atoms with Crippen molar-refractivity contribution in [1.29, 1.82) is 0 Å². The quantitative estimate of drug-likeness (QED) is 0.780. The first-order valence-corrected chi connectivity index (χ1v) is 6.32. The fourth-order valence-electron chi connectivity index (χ4n) is 1.25. The summed E-state index contributed by atoms with van der Waals surface area (Å²) in [5.74, 6) is 0.483. The molecule has 0 saturated carbocycles. The van der Waals surface area contributed by atoms with Crippen molar-refractivity contribution in [2.75, 3.05) is 6.61 Å². The predicted molar refractivity (Wildman–Crippen MR) is 67.0 cm³/mol. The molecule has 0 aliphatic carbocycles. The summed E-state index contributed by atoms with van der Waals surface area (Å²) in [6, 6.07) is 5.09. The lowest BCUT2D eigenvalue weighted by atomic mass is 10.2. The second-order valence-electron chi connectivity index (χ2n) is 3.23. The zero-order valence-electron chi connectivity index (χ0n) is 8.61. The molecule has 0 unspecified atom stereocenters. The number of Topliss-reactive ketones (excluding diaryl/α,β-unsaturated/α-hetero) is 1. The molecule has 2 aromatic heterocycles. The Hall–Kier alpha value is -0.810. The number of ether oxygens (including phenoxy) is 1. The Morgan fingerprint density at radius 1 is 1.47 bits per heavy atom. The Kier molecular flexibility index (Phi) is 4.23. The molecule has 0 radical (unpaired) electrons. The monoisotopic (exact) mass is 290 g/mol. The first-order chi connectivity index (χ1) is 8.16. The topological polar surface area (TPSA) is 39.4 Å². The predicted octanol–water partition coefficient (Wildman–Crippen LogP) is 4.05. The molecule has 90 valence electrons. The van der Waals surface area contributed by atoms with Gasteiger partial charge in [-0.2, -0.15) is 0 Å². The first kappa shape index (κ1) is 12.6. The minimum Gasteiger partial charge on any atom is -0.467 e. The van der Waals surface area contributed by atoms with Crippen LogP contribution in [0, 0.1) is 0 Å². The number of halogens is 2. The summed E-state index contributed by atoms with van der Waals surface area (Å²) < 4.78 is 11.2. The summed E-state index contributed by atoms with van der Waals surface area (Å²) in [5.41, 5.74) is 0.404. The summed E-state index contributed by atoms with van der Waals surface area (Å²) in [4.78, 5) is 11.7. The van der Waals surface area contributed by atoms with Crippen molar-refractivity contribution >= 4 is 40.3 Å². The van der Waals surface area contributed by atoms with E-state index in [4.69, 9.17) is 32.4 Å². The van der Waals surface area contributed by atoms with E-state index < -0.39 is 0 Å². The van der Waals surface area contributed by atoms with Crippen molar-refractivity contribution in [2.24, 2.45) is 0 Å². The van der Waals surface area contributed by atoms with Crippen molar-refractivity contribution in [3.05, 3.63) is 44.5 Å². The fraction of sp³-hybridized carbons (Fsp3) is 0.182. The summed E-state index contributed by atoms with van der Waals surface area (Å²) in [7, 11) is 0. The van der Waals surface area contributed by atoms with Crippen molar-refractivity contribution in [1.82, 2.24) is 0 Å². The van der Waals surface area contributed by atoms with Crippen LogP contribution in [-0.4, -0.2) is 12.4 Å². The highest BCUT2D eigenvalue weighted by molar-refractivity contribution is 7.20. The van der Waals surface area contributed by atoms with Crippen LogP contribution in [0.5, 0.6) is 0 Å². The van der Waals surface area contributed by atoms with E-state index in [0.29, 0.717) is 20.0 Å². The molecule has 2 rings (SSSR count). The maximum absolute atomic E-state index is 11.7. The summed E-state index contributed by atoms with van der Waals surface area (Å²) in [5, 5.41) is 0. The van der Waals surface area contributed by atoms with Gasteiger partial charge in [-0.3, -0.25) is 4.79 Å². The normalized spacial score (nSPS) is 10.7. The van der Waals surface area contributed by atoms with Gasteiger partial charge in [0.25, 0.3) is 0 Å². The lowest BCUT2D eigenvalue weighted by Crippen LogP contribution is -2.08. The zero-order chi connectivity index (χ0) is 12.3. The van der Waals surface area contributed by atoms with Gasteiger partial charge in [0, 0.05) is 0 Å². The van der Waals surface area contributed by atoms with Gasteiger partial charge in [0.15, 0.2) is 5.78 Å². The Balaban J connectivity index is 1.87. The Morgan fingerprint density at radius 2 is 2.29 bits per heavy atom. The van der Waals surface area contributed by atoms with Gasteiger partial charge in [-0.25, -0.2) is 0 Å². The van der Waals surface area contributed by atoms with Crippen molar-refractivity contribution < 1.29 is 13.9 Å². The lowest BCUT2D eigenvalue weighted by molar-refractivity contribution is 0.0692. The molecule has 0 saturated heterocycles. The maximum atomic E-state index is 11.7. The van der Waals surface area contributed by atoms with Gasteiger partial charge >= 0.3 is 0 Å². The van der Waals surface area contributed by atoms with E-state index in [1.54, 1.807) is 24.5 Å². The third-order valence-corrected chi connectivity index (χ3v) is 3.50. The number of ketones is 1. The molecule has 0 aromatic carbocycles. The second-order valence-corrected chi connectivity index (χ2v) is 5.52. The number of furan rings is 1. The SMILES string of the molecule is O=C(COCc1ccco1)c1cc(Cl)sc1Cl. The lowest BCUT2D eigenvalue weighted by Gasteiger charge is -2.00. The van der Waals surface area contributed by atoms with Gasteiger partial charge in [0.05, 0.1) is 16.2 Å². The van der Waals surface area contributed by atoms with Crippen LogP contribution in [0.1, 0.15) is 16.1 Å². The van der Waals surface area contributed by atoms with Crippen LogP contribution in [0.3, 0.4) is 0 Å². The molecule has 17 heavy (non-hydrogen) atoms. The summed E-state index contributed by atoms with van der Waals surface area (Å²) in [6.45, 7) is 0.210. The van der Waals surface area contributed by atoms with Crippen LogP contribution >= 0.6 is 34.5 Å². The van der Waals surface area contributed by atoms with E-state index in [0.717, 1.165) is 11.3 Å². The molecule has 0 fully saturated rings. The molecule has 6 heteroatoms. The molecule has 0 atom stereocenters. The molecule has 3 nitrogen and oxygen atoms in total. The number of carbonyl (C=O) groups excluding carboxylic acids is 1. The molecule has 0 bridgehead atoms. The van der Waals surface area contributed by atoms with Gasteiger partial charge in [-0.05, 0) is 18.2 Å². The van der Waals surface area contributed by atoms with Gasteiger partial charge in [0.1, 0.15) is 23.3 Å². The Morgan fingerprint density at radius 3 is 2.88 bits per heavy atom. The highest BCUT2D eigenvalue weighted by Gasteiger charge is 2.14. The van der Waals surface area contributed by atoms with Gasteiger partial charge in [0.2, 0.25) is 0 Å². The minimum atomic E-state index is -0.190. The van der Waals surface area contributed by atoms with Crippen LogP contribution in [0.15, 0.2) is 28.9 Å². The van der Waals surface area contributed by atoms with Crippen LogP contribution < -0.4 is 0 Å².